The highest BCUT2D eigenvalue weighted by Crippen LogP contribution is 2.31. The Kier molecular flexibility index (Phi) is 6.51. The maximum Gasteiger partial charge on any atom is 0.269 e. The van der Waals surface area contributed by atoms with E-state index in [1.165, 1.54) is 5.56 Å². The van der Waals surface area contributed by atoms with Crippen molar-refractivity contribution >= 4 is 29.4 Å². The number of amides is 1. The van der Waals surface area contributed by atoms with E-state index in [9.17, 15) is 4.79 Å². The number of pyridine rings is 1. The molecule has 3 heterocycles. The number of carbonyl (C=O) groups is 1. The molecule has 1 amide bonds. The normalized spacial score (nSPS) is 12.7. The summed E-state index contributed by atoms with van der Waals surface area (Å²) in [6.07, 6.45) is 7.26. The molecule has 0 atom stereocenters. The molecule has 1 aliphatic heterocycles. The van der Waals surface area contributed by atoms with Crippen molar-refractivity contribution in [3.05, 3.63) is 59.9 Å². The first kappa shape index (κ1) is 20.5. The number of nitrogens with zero attached hydrogens (tertiary/aromatic N) is 5. The molecule has 31 heavy (non-hydrogen) atoms. The number of aromatic nitrogens is 4. The van der Waals surface area contributed by atoms with E-state index in [2.05, 4.69) is 66.1 Å². The summed E-state index contributed by atoms with van der Waals surface area (Å²) in [7, 11) is 0. The molecule has 4 rings (SSSR count). The minimum atomic E-state index is -0.298. The van der Waals surface area contributed by atoms with Crippen LogP contribution in [0, 0.1) is 0 Å². The largest absolute Gasteiger partial charge is 0.354 e. The zero-order chi connectivity index (χ0) is 21.5. The lowest BCUT2D eigenvalue weighted by Gasteiger charge is -2.29. The Bertz CT molecular complexity index is 1030. The lowest BCUT2D eigenvalue weighted by molar-refractivity contribution is 0.0962. The Balaban J connectivity index is 1.58. The molecule has 3 N–H and O–H groups in total. The van der Waals surface area contributed by atoms with Gasteiger partial charge < -0.3 is 10.2 Å². The Labute approximate surface area is 181 Å². The minimum Gasteiger partial charge on any atom is -0.354 e. The summed E-state index contributed by atoms with van der Waals surface area (Å²) in [5, 5.41) is 3.26. The third-order valence-corrected chi connectivity index (χ3v) is 5.02. The van der Waals surface area contributed by atoms with Gasteiger partial charge in [-0.25, -0.2) is 0 Å². The van der Waals surface area contributed by atoms with Crippen LogP contribution in [-0.2, 0) is 6.42 Å². The number of anilines is 4. The lowest BCUT2D eigenvalue weighted by Crippen LogP contribution is -2.32. The van der Waals surface area contributed by atoms with Crippen molar-refractivity contribution in [2.75, 3.05) is 28.7 Å². The van der Waals surface area contributed by atoms with Crippen molar-refractivity contribution in [1.29, 1.82) is 0 Å². The Morgan fingerprint density at radius 2 is 1.87 bits per heavy atom. The molecule has 0 bridgehead atoms. The average molecular weight is 419 g/mol. The van der Waals surface area contributed by atoms with Crippen LogP contribution in [0.5, 0.6) is 0 Å². The van der Waals surface area contributed by atoms with Gasteiger partial charge in [-0.05, 0) is 43.0 Å². The van der Waals surface area contributed by atoms with E-state index < -0.39 is 0 Å². The molecule has 0 radical (unpaired) electrons. The van der Waals surface area contributed by atoms with Gasteiger partial charge in [0.05, 0.1) is 0 Å². The minimum absolute atomic E-state index is 0.273. The number of hydrogen-bond donors (Lipinski definition) is 3. The molecule has 0 saturated heterocycles. The number of fused-ring (bicyclic) bond motifs is 1. The van der Waals surface area contributed by atoms with Gasteiger partial charge in [0.25, 0.3) is 5.91 Å². The van der Waals surface area contributed by atoms with E-state index in [0.29, 0.717) is 17.5 Å². The van der Waals surface area contributed by atoms with Gasteiger partial charge in [0.2, 0.25) is 17.8 Å². The van der Waals surface area contributed by atoms with Crippen molar-refractivity contribution in [2.45, 2.75) is 32.6 Å². The van der Waals surface area contributed by atoms with Crippen molar-refractivity contribution in [1.82, 2.24) is 25.4 Å². The van der Waals surface area contributed by atoms with Gasteiger partial charge >= 0.3 is 0 Å². The number of benzene rings is 1. The molecular weight excluding hydrogens is 392 g/mol. The molecule has 0 fully saturated rings. The van der Waals surface area contributed by atoms with Gasteiger partial charge in [-0.2, -0.15) is 15.0 Å². The molecule has 3 aromatic rings. The van der Waals surface area contributed by atoms with E-state index in [0.717, 1.165) is 44.5 Å². The van der Waals surface area contributed by atoms with Crippen LogP contribution in [0.15, 0.2) is 48.8 Å². The molecule has 0 unspecified atom stereocenters. The number of hydrazine groups is 1. The van der Waals surface area contributed by atoms with Crippen LogP contribution < -0.4 is 21.1 Å². The van der Waals surface area contributed by atoms with E-state index in [-0.39, 0.29) is 11.9 Å². The van der Waals surface area contributed by atoms with Crippen LogP contribution in [0.3, 0.4) is 0 Å². The SMILES string of the molecule is CCCCNc1nc(NNC(=O)c2ccncc2)nc(N2CCCc3ccccc32)n1. The van der Waals surface area contributed by atoms with Gasteiger partial charge in [0, 0.05) is 36.7 Å². The van der Waals surface area contributed by atoms with Gasteiger partial charge in [-0.15, -0.1) is 0 Å². The molecule has 2 aromatic heterocycles. The predicted molar refractivity (Wildman–Crippen MR) is 120 cm³/mol. The summed E-state index contributed by atoms with van der Waals surface area (Å²) in [4.78, 5) is 32.0. The first-order valence-corrected chi connectivity index (χ1v) is 10.6. The summed E-state index contributed by atoms with van der Waals surface area (Å²) in [5.41, 5.74) is 8.34. The quantitative estimate of drug-likeness (QED) is 0.378. The van der Waals surface area contributed by atoms with E-state index in [1.54, 1.807) is 24.5 Å². The van der Waals surface area contributed by atoms with E-state index in [1.807, 2.05) is 6.07 Å². The van der Waals surface area contributed by atoms with E-state index >= 15 is 0 Å². The molecule has 0 aliphatic carbocycles. The summed E-state index contributed by atoms with van der Waals surface area (Å²) in [5.74, 6) is 0.992. The summed E-state index contributed by atoms with van der Waals surface area (Å²) >= 11 is 0. The topological polar surface area (TPSA) is 108 Å². The Morgan fingerprint density at radius 3 is 2.71 bits per heavy atom. The maximum atomic E-state index is 12.4. The fourth-order valence-corrected chi connectivity index (χ4v) is 3.43. The fourth-order valence-electron chi connectivity index (χ4n) is 3.43. The third-order valence-electron chi connectivity index (χ3n) is 5.02. The molecule has 0 spiro atoms. The molecular formula is C22H26N8O. The molecule has 160 valence electrons. The molecule has 1 aromatic carbocycles. The van der Waals surface area contributed by atoms with Gasteiger partial charge in [-0.3, -0.25) is 20.6 Å². The Hall–Kier alpha value is -3.75. The monoisotopic (exact) mass is 418 g/mol. The molecule has 9 heteroatoms. The van der Waals surface area contributed by atoms with Crippen molar-refractivity contribution < 1.29 is 4.79 Å². The number of hydrogen-bond acceptors (Lipinski definition) is 8. The smallest absolute Gasteiger partial charge is 0.269 e. The highest BCUT2D eigenvalue weighted by atomic mass is 16.2. The number of aryl methyl sites for hydroxylation is 1. The van der Waals surface area contributed by atoms with Crippen LogP contribution in [0.1, 0.15) is 42.1 Å². The first-order chi connectivity index (χ1) is 15.2. The average Bonchev–Trinajstić information content (AvgIpc) is 2.83. The molecule has 1 aliphatic rings. The molecule has 0 saturated carbocycles. The second-order valence-electron chi connectivity index (χ2n) is 7.26. The van der Waals surface area contributed by atoms with Crippen LogP contribution in [0.2, 0.25) is 0 Å². The zero-order valence-electron chi connectivity index (χ0n) is 17.5. The molecule has 9 nitrogen and oxygen atoms in total. The summed E-state index contributed by atoms with van der Waals surface area (Å²) < 4.78 is 0. The first-order valence-electron chi connectivity index (χ1n) is 10.6. The van der Waals surface area contributed by atoms with Gasteiger partial charge in [0.15, 0.2) is 0 Å². The van der Waals surface area contributed by atoms with Crippen LogP contribution in [0.25, 0.3) is 0 Å². The van der Waals surface area contributed by atoms with Gasteiger partial charge in [-0.1, -0.05) is 31.5 Å². The highest BCUT2D eigenvalue weighted by molar-refractivity contribution is 5.94. The Morgan fingerprint density at radius 1 is 1.06 bits per heavy atom. The van der Waals surface area contributed by atoms with Gasteiger partial charge in [0.1, 0.15) is 0 Å². The third kappa shape index (κ3) is 5.06. The lowest BCUT2D eigenvalue weighted by atomic mass is 10.0. The second-order valence-corrected chi connectivity index (χ2v) is 7.26. The highest BCUT2D eigenvalue weighted by Gasteiger charge is 2.21. The predicted octanol–water partition coefficient (Wildman–Crippen LogP) is 3.32. The standard InChI is InChI=1S/C22H26N8O/c1-2-3-12-24-20-25-21(29-28-19(31)17-10-13-23-14-11-17)27-22(26-20)30-15-6-8-16-7-4-5-9-18(16)30/h4-5,7,9-11,13-14H,2-3,6,8,12,15H2,1H3,(H,28,31)(H2,24,25,26,27,29). The number of nitrogens with one attached hydrogen (secondary N) is 3. The van der Waals surface area contributed by atoms with Crippen LogP contribution in [-0.4, -0.2) is 38.9 Å². The van der Waals surface area contributed by atoms with Crippen molar-refractivity contribution in [3.8, 4) is 0 Å². The number of carbonyl (C=O) groups excluding carboxylic acids is 1. The fraction of sp³-hybridized carbons (Fsp3) is 0.318. The van der Waals surface area contributed by atoms with E-state index in [4.69, 9.17) is 0 Å². The van der Waals surface area contributed by atoms with Crippen molar-refractivity contribution in [3.63, 3.8) is 0 Å². The number of rotatable bonds is 8. The second kappa shape index (κ2) is 9.84. The number of para-hydroxylation sites is 1. The number of unbranched alkanes of at least 4 members (excludes halogenated alkanes) is 1. The maximum absolute atomic E-state index is 12.4. The van der Waals surface area contributed by atoms with Crippen LogP contribution in [0.4, 0.5) is 23.5 Å². The van der Waals surface area contributed by atoms with Crippen LogP contribution >= 0.6 is 0 Å². The summed E-state index contributed by atoms with van der Waals surface area (Å²) in [6, 6.07) is 11.6. The zero-order valence-corrected chi connectivity index (χ0v) is 17.5. The summed E-state index contributed by atoms with van der Waals surface area (Å²) in [6.45, 7) is 3.71. The van der Waals surface area contributed by atoms with Crippen molar-refractivity contribution in [2.24, 2.45) is 0 Å².